The molecule has 0 heterocycles. The highest BCUT2D eigenvalue weighted by atomic mass is 16.6. The fraction of sp³-hybridized carbons (Fsp3) is 0.400. The van der Waals surface area contributed by atoms with Crippen molar-refractivity contribution in [2.24, 2.45) is 5.92 Å². The molecule has 0 bridgehead atoms. The molecule has 82 valence electrons. The number of hydrogen-bond donors (Lipinski definition) is 1. The van der Waals surface area contributed by atoms with Crippen LogP contribution in [0.1, 0.15) is 13.8 Å². The Labute approximate surface area is 88.0 Å². The van der Waals surface area contributed by atoms with E-state index < -0.39 is 4.92 Å². The zero-order valence-corrected chi connectivity index (χ0v) is 8.77. The molecule has 1 aromatic carbocycles. The molecule has 0 amide bonds. The molecule has 0 saturated carbocycles. The highest BCUT2D eigenvalue weighted by molar-refractivity contribution is 5.60. The maximum absolute atomic E-state index is 10.5. The number of ether oxygens (including phenoxy) is 1. The van der Waals surface area contributed by atoms with Gasteiger partial charge in [0.25, 0.3) is 5.69 Å². The van der Waals surface area contributed by atoms with E-state index in [2.05, 4.69) is 0 Å². The van der Waals surface area contributed by atoms with Crippen LogP contribution in [0.4, 0.5) is 11.4 Å². The van der Waals surface area contributed by atoms with E-state index in [9.17, 15) is 10.1 Å². The molecular formula is C10H14N2O3. The number of anilines is 1. The summed E-state index contributed by atoms with van der Waals surface area (Å²) in [6.07, 6.45) is 0. The third kappa shape index (κ3) is 3.12. The molecule has 0 atom stereocenters. The molecule has 5 nitrogen and oxygen atoms in total. The van der Waals surface area contributed by atoms with E-state index in [1.54, 1.807) is 6.07 Å². The predicted octanol–water partition coefficient (Wildman–Crippen LogP) is 2.21. The third-order valence-corrected chi connectivity index (χ3v) is 1.78. The smallest absolute Gasteiger partial charge is 0.292 e. The molecule has 5 heteroatoms. The van der Waals surface area contributed by atoms with E-state index in [1.165, 1.54) is 12.1 Å². The highest BCUT2D eigenvalue weighted by Gasteiger charge is 2.11. The first-order valence-corrected chi connectivity index (χ1v) is 4.67. The van der Waals surface area contributed by atoms with Gasteiger partial charge in [0.05, 0.1) is 11.5 Å². The van der Waals surface area contributed by atoms with E-state index in [-0.39, 0.29) is 11.4 Å². The van der Waals surface area contributed by atoms with Gasteiger partial charge < -0.3 is 10.5 Å². The van der Waals surface area contributed by atoms with Gasteiger partial charge >= 0.3 is 0 Å². The fourth-order valence-electron chi connectivity index (χ4n) is 1.05. The first kappa shape index (κ1) is 11.3. The number of benzene rings is 1. The summed E-state index contributed by atoms with van der Waals surface area (Å²) in [5.74, 6) is 0.966. The van der Waals surface area contributed by atoms with Crippen molar-refractivity contribution in [1.82, 2.24) is 0 Å². The minimum atomic E-state index is -0.512. The Bertz CT molecular complexity index is 364. The van der Waals surface area contributed by atoms with E-state index >= 15 is 0 Å². The molecule has 0 fully saturated rings. The van der Waals surface area contributed by atoms with E-state index in [0.29, 0.717) is 18.3 Å². The lowest BCUT2D eigenvalue weighted by atomic mass is 10.2. The maximum Gasteiger partial charge on any atom is 0.292 e. The standard InChI is InChI=1S/C10H14N2O3/c1-7(2)6-15-8-3-4-10(12(13)14)9(11)5-8/h3-5,7H,6,11H2,1-2H3. The number of hydrogen-bond acceptors (Lipinski definition) is 4. The summed E-state index contributed by atoms with van der Waals surface area (Å²) in [6, 6.07) is 4.38. The molecular weight excluding hydrogens is 196 g/mol. The second kappa shape index (κ2) is 4.63. The van der Waals surface area contributed by atoms with Gasteiger partial charge in [0.2, 0.25) is 0 Å². The Balaban J connectivity index is 2.78. The second-order valence-corrected chi connectivity index (χ2v) is 3.68. The van der Waals surface area contributed by atoms with Crippen molar-refractivity contribution in [3.63, 3.8) is 0 Å². The summed E-state index contributed by atoms with van der Waals surface area (Å²) in [7, 11) is 0. The van der Waals surface area contributed by atoms with Crippen molar-refractivity contribution in [1.29, 1.82) is 0 Å². The molecule has 0 aliphatic heterocycles. The lowest BCUT2D eigenvalue weighted by molar-refractivity contribution is -0.383. The molecule has 1 aromatic rings. The summed E-state index contributed by atoms with van der Waals surface area (Å²) in [6.45, 7) is 4.61. The van der Waals surface area contributed by atoms with Crippen LogP contribution in [-0.2, 0) is 0 Å². The van der Waals surface area contributed by atoms with Gasteiger partial charge in [-0.3, -0.25) is 10.1 Å². The predicted molar refractivity (Wildman–Crippen MR) is 57.8 cm³/mol. The number of nitrogens with two attached hydrogens (primary N) is 1. The summed E-state index contributed by atoms with van der Waals surface area (Å²) >= 11 is 0. The van der Waals surface area contributed by atoms with Crippen LogP contribution in [0.3, 0.4) is 0 Å². The van der Waals surface area contributed by atoms with Crippen molar-refractivity contribution in [2.75, 3.05) is 12.3 Å². The first-order chi connectivity index (χ1) is 7.00. The quantitative estimate of drug-likeness (QED) is 0.469. The van der Waals surface area contributed by atoms with Gasteiger partial charge in [0.1, 0.15) is 11.4 Å². The molecule has 0 aliphatic carbocycles. The van der Waals surface area contributed by atoms with Gasteiger partial charge in [-0.25, -0.2) is 0 Å². The Kier molecular flexibility index (Phi) is 3.49. The van der Waals surface area contributed by atoms with Gasteiger partial charge in [-0.15, -0.1) is 0 Å². The van der Waals surface area contributed by atoms with Gasteiger partial charge in [0.15, 0.2) is 0 Å². The third-order valence-electron chi connectivity index (χ3n) is 1.78. The first-order valence-electron chi connectivity index (χ1n) is 4.67. The molecule has 2 N–H and O–H groups in total. The van der Waals surface area contributed by atoms with Crippen LogP contribution in [0.2, 0.25) is 0 Å². The number of nitro groups is 1. The van der Waals surface area contributed by atoms with Crippen LogP contribution < -0.4 is 10.5 Å². The normalized spacial score (nSPS) is 10.3. The molecule has 0 aromatic heterocycles. The molecule has 0 aliphatic rings. The molecule has 0 unspecified atom stereocenters. The van der Waals surface area contributed by atoms with E-state index in [0.717, 1.165) is 0 Å². The summed E-state index contributed by atoms with van der Waals surface area (Å²) in [5.41, 5.74) is 5.54. The van der Waals surface area contributed by atoms with Crippen molar-refractivity contribution in [3.8, 4) is 5.75 Å². The monoisotopic (exact) mass is 210 g/mol. The van der Waals surface area contributed by atoms with Gasteiger partial charge in [-0.2, -0.15) is 0 Å². The van der Waals surface area contributed by atoms with Gasteiger partial charge in [-0.05, 0) is 12.0 Å². The number of nitrogen functional groups attached to an aromatic ring is 1. The maximum atomic E-state index is 10.5. The Hall–Kier alpha value is -1.78. The molecule has 15 heavy (non-hydrogen) atoms. The van der Waals surface area contributed by atoms with Crippen LogP contribution in [-0.4, -0.2) is 11.5 Å². The zero-order chi connectivity index (χ0) is 11.4. The van der Waals surface area contributed by atoms with Gasteiger partial charge in [0, 0.05) is 12.1 Å². The summed E-state index contributed by atoms with van der Waals surface area (Å²) in [4.78, 5) is 9.97. The van der Waals surface area contributed by atoms with Crippen molar-refractivity contribution < 1.29 is 9.66 Å². The van der Waals surface area contributed by atoms with Crippen molar-refractivity contribution >= 4 is 11.4 Å². The lowest BCUT2D eigenvalue weighted by Crippen LogP contribution is -2.05. The Morgan fingerprint density at radius 1 is 1.53 bits per heavy atom. The van der Waals surface area contributed by atoms with Gasteiger partial charge in [-0.1, -0.05) is 13.8 Å². The molecule has 0 spiro atoms. The average molecular weight is 210 g/mol. The van der Waals surface area contributed by atoms with Crippen LogP contribution >= 0.6 is 0 Å². The Morgan fingerprint density at radius 2 is 2.20 bits per heavy atom. The SMILES string of the molecule is CC(C)COc1ccc([N+](=O)[O-])c(N)c1. The van der Waals surface area contributed by atoms with Crippen LogP contribution in [0, 0.1) is 16.0 Å². The van der Waals surface area contributed by atoms with Crippen molar-refractivity contribution in [2.45, 2.75) is 13.8 Å². The number of rotatable bonds is 4. The lowest BCUT2D eigenvalue weighted by Gasteiger charge is -2.08. The number of nitrogens with zero attached hydrogens (tertiary/aromatic N) is 1. The van der Waals surface area contributed by atoms with Crippen molar-refractivity contribution in [3.05, 3.63) is 28.3 Å². The summed E-state index contributed by atoms with van der Waals surface area (Å²) in [5, 5.41) is 10.5. The summed E-state index contributed by atoms with van der Waals surface area (Å²) < 4.78 is 5.38. The minimum absolute atomic E-state index is 0.0908. The highest BCUT2D eigenvalue weighted by Crippen LogP contribution is 2.26. The topological polar surface area (TPSA) is 78.4 Å². The average Bonchev–Trinajstić information content (AvgIpc) is 2.14. The molecule has 0 radical (unpaired) electrons. The zero-order valence-electron chi connectivity index (χ0n) is 8.77. The largest absolute Gasteiger partial charge is 0.493 e. The fourth-order valence-corrected chi connectivity index (χ4v) is 1.05. The second-order valence-electron chi connectivity index (χ2n) is 3.68. The minimum Gasteiger partial charge on any atom is -0.493 e. The van der Waals surface area contributed by atoms with Crippen LogP contribution in [0.15, 0.2) is 18.2 Å². The Morgan fingerprint density at radius 3 is 2.67 bits per heavy atom. The van der Waals surface area contributed by atoms with E-state index in [4.69, 9.17) is 10.5 Å². The molecule has 1 rings (SSSR count). The van der Waals surface area contributed by atoms with Crippen LogP contribution in [0.5, 0.6) is 5.75 Å². The molecule has 0 saturated heterocycles. The van der Waals surface area contributed by atoms with Crippen LogP contribution in [0.25, 0.3) is 0 Å². The van der Waals surface area contributed by atoms with E-state index in [1.807, 2.05) is 13.8 Å². The number of nitro benzene ring substituents is 1.